The maximum Gasteiger partial charge on any atom is 0.178 e. The van der Waals surface area contributed by atoms with Crippen LogP contribution in [-0.4, -0.2) is 25.9 Å². The van der Waals surface area contributed by atoms with E-state index in [0.29, 0.717) is 12.0 Å². The van der Waals surface area contributed by atoms with Gasteiger partial charge in [0.05, 0.1) is 0 Å². The highest BCUT2D eigenvalue weighted by molar-refractivity contribution is 5.45. The van der Waals surface area contributed by atoms with Gasteiger partial charge in [-0.15, -0.1) is 15.3 Å². The van der Waals surface area contributed by atoms with Gasteiger partial charge in [0.15, 0.2) is 11.5 Å². The van der Waals surface area contributed by atoms with Crippen molar-refractivity contribution in [3.63, 3.8) is 0 Å². The average Bonchev–Trinajstić information content (AvgIpc) is 3.20. The van der Waals surface area contributed by atoms with E-state index in [9.17, 15) is 0 Å². The third kappa shape index (κ3) is 2.09. The maximum absolute atomic E-state index is 4.65. The molecule has 0 radical (unpaired) electrons. The van der Waals surface area contributed by atoms with E-state index in [1.54, 1.807) is 0 Å². The molecule has 0 saturated heterocycles. The maximum atomic E-state index is 4.65. The second-order valence-corrected chi connectivity index (χ2v) is 5.45. The lowest BCUT2D eigenvalue weighted by molar-refractivity contribution is 0.638. The fraction of sp³-hybridized carbons (Fsp3) is 0.500. The van der Waals surface area contributed by atoms with Crippen LogP contribution in [0.5, 0.6) is 0 Å². The van der Waals surface area contributed by atoms with Crippen molar-refractivity contribution >= 4 is 11.5 Å². The van der Waals surface area contributed by atoms with Gasteiger partial charge >= 0.3 is 0 Å². The van der Waals surface area contributed by atoms with Crippen LogP contribution in [0, 0.1) is 0 Å². The van der Waals surface area contributed by atoms with Crippen LogP contribution < -0.4 is 5.32 Å². The van der Waals surface area contributed by atoms with Gasteiger partial charge < -0.3 is 5.32 Å². The highest BCUT2D eigenvalue weighted by Gasteiger charge is 2.29. The zero-order valence-electron chi connectivity index (χ0n) is 10.8. The number of allylic oxidation sites excluding steroid dienone is 1. The van der Waals surface area contributed by atoms with Crippen LogP contribution in [0.2, 0.25) is 0 Å². The van der Waals surface area contributed by atoms with E-state index in [1.165, 1.54) is 19.3 Å². The fourth-order valence-electron chi connectivity index (χ4n) is 2.61. The fourth-order valence-corrected chi connectivity index (χ4v) is 2.61. The van der Waals surface area contributed by atoms with Crippen LogP contribution in [-0.2, 0) is 0 Å². The molecule has 1 atom stereocenters. The standard InChI is InChI=1S/C14H17N5/c1-2-4-11(5-3-1)15-12-8-9-13-16-17-14(10-6-7-10)19(13)18-12/h1-2,8-11H,3-7H2,(H,15,18). The van der Waals surface area contributed by atoms with Gasteiger partial charge in [0.25, 0.3) is 0 Å². The van der Waals surface area contributed by atoms with E-state index in [2.05, 4.69) is 32.8 Å². The Kier molecular flexibility index (Phi) is 2.50. The molecular weight excluding hydrogens is 238 g/mol. The number of anilines is 1. The molecule has 2 aromatic rings. The lowest BCUT2D eigenvalue weighted by Crippen LogP contribution is -2.21. The average molecular weight is 255 g/mol. The molecule has 0 spiro atoms. The summed E-state index contributed by atoms with van der Waals surface area (Å²) in [5.41, 5.74) is 0.844. The lowest BCUT2D eigenvalue weighted by Gasteiger charge is -2.19. The first-order valence-corrected chi connectivity index (χ1v) is 7.04. The van der Waals surface area contributed by atoms with Crippen molar-refractivity contribution in [1.29, 1.82) is 0 Å². The van der Waals surface area contributed by atoms with Crippen molar-refractivity contribution in [1.82, 2.24) is 19.8 Å². The molecule has 2 aromatic heterocycles. The van der Waals surface area contributed by atoms with E-state index in [0.717, 1.165) is 30.1 Å². The zero-order valence-corrected chi connectivity index (χ0v) is 10.8. The molecule has 2 heterocycles. The molecule has 0 aromatic carbocycles. The van der Waals surface area contributed by atoms with Crippen LogP contribution in [0.1, 0.15) is 43.8 Å². The first-order chi connectivity index (χ1) is 9.40. The predicted molar refractivity (Wildman–Crippen MR) is 73.2 cm³/mol. The normalized spacial score (nSPS) is 22.8. The molecule has 1 fully saturated rings. The Bertz CT molecular complexity index is 626. The third-order valence-corrected chi connectivity index (χ3v) is 3.85. The molecule has 0 amide bonds. The highest BCUT2D eigenvalue weighted by Crippen LogP contribution is 2.38. The Labute approximate surface area is 111 Å². The first kappa shape index (κ1) is 11.0. The van der Waals surface area contributed by atoms with E-state index < -0.39 is 0 Å². The predicted octanol–water partition coefficient (Wildman–Crippen LogP) is 2.52. The van der Waals surface area contributed by atoms with Gasteiger partial charge in [-0.1, -0.05) is 12.2 Å². The lowest BCUT2D eigenvalue weighted by atomic mass is 10.0. The molecule has 4 rings (SSSR count). The van der Waals surface area contributed by atoms with Crippen molar-refractivity contribution in [2.45, 2.75) is 44.1 Å². The van der Waals surface area contributed by atoms with Gasteiger partial charge in [0.2, 0.25) is 0 Å². The van der Waals surface area contributed by atoms with Crippen molar-refractivity contribution in [3.8, 4) is 0 Å². The molecule has 2 aliphatic rings. The van der Waals surface area contributed by atoms with E-state index in [1.807, 2.05) is 16.6 Å². The molecule has 1 unspecified atom stereocenters. The Balaban J connectivity index is 1.62. The second kappa shape index (κ2) is 4.33. The van der Waals surface area contributed by atoms with E-state index in [-0.39, 0.29) is 0 Å². The summed E-state index contributed by atoms with van der Waals surface area (Å²) in [5, 5.41) is 16.6. The summed E-state index contributed by atoms with van der Waals surface area (Å²) < 4.78 is 1.90. The smallest absolute Gasteiger partial charge is 0.178 e. The second-order valence-electron chi connectivity index (χ2n) is 5.45. The Morgan fingerprint density at radius 3 is 2.84 bits per heavy atom. The monoisotopic (exact) mass is 255 g/mol. The number of nitrogens with one attached hydrogen (secondary N) is 1. The summed E-state index contributed by atoms with van der Waals surface area (Å²) in [6, 6.07) is 4.49. The van der Waals surface area contributed by atoms with Crippen LogP contribution in [0.25, 0.3) is 5.65 Å². The first-order valence-electron chi connectivity index (χ1n) is 7.04. The number of aromatic nitrogens is 4. The van der Waals surface area contributed by atoms with Gasteiger partial charge in [-0.25, -0.2) is 0 Å². The Morgan fingerprint density at radius 1 is 1.11 bits per heavy atom. The zero-order chi connectivity index (χ0) is 12.7. The van der Waals surface area contributed by atoms with Crippen LogP contribution >= 0.6 is 0 Å². The Morgan fingerprint density at radius 2 is 2.05 bits per heavy atom. The summed E-state index contributed by atoms with van der Waals surface area (Å²) in [4.78, 5) is 0. The number of fused-ring (bicyclic) bond motifs is 1. The minimum atomic E-state index is 0.496. The van der Waals surface area contributed by atoms with Crippen molar-refractivity contribution < 1.29 is 0 Å². The molecule has 5 nitrogen and oxygen atoms in total. The SMILES string of the molecule is C1=CCC(Nc2ccc3nnc(C4CC4)n3n2)CC1. The summed E-state index contributed by atoms with van der Waals surface area (Å²) >= 11 is 0. The van der Waals surface area contributed by atoms with Gasteiger partial charge in [-0.05, 0) is 44.2 Å². The Hall–Kier alpha value is -1.91. The van der Waals surface area contributed by atoms with Crippen molar-refractivity contribution in [2.75, 3.05) is 5.32 Å². The summed E-state index contributed by atoms with van der Waals surface area (Å²) in [7, 11) is 0. The van der Waals surface area contributed by atoms with Gasteiger partial charge in [0, 0.05) is 12.0 Å². The molecule has 98 valence electrons. The summed E-state index contributed by atoms with van der Waals surface area (Å²) in [6.07, 6.45) is 10.3. The van der Waals surface area contributed by atoms with Crippen LogP contribution in [0.15, 0.2) is 24.3 Å². The van der Waals surface area contributed by atoms with Crippen molar-refractivity contribution in [2.24, 2.45) is 0 Å². The molecule has 2 aliphatic carbocycles. The van der Waals surface area contributed by atoms with E-state index >= 15 is 0 Å². The third-order valence-electron chi connectivity index (χ3n) is 3.85. The molecule has 0 bridgehead atoms. The topological polar surface area (TPSA) is 55.1 Å². The number of nitrogens with zero attached hydrogens (tertiary/aromatic N) is 4. The minimum Gasteiger partial charge on any atom is -0.366 e. The molecular formula is C14H17N5. The molecule has 1 N–H and O–H groups in total. The van der Waals surface area contributed by atoms with Crippen LogP contribution in [0.3, 0.4) is 0 Å². The van der Waals surface area contributed by atoms with Crippen LogP contribution in [0.4, 0.5) is 5.82 Å². The van der Waals surface area contributed by atoms with Crippen molar-refractivity contribution in [3.05, 3.63) is 30.1 Å². The summed E-state index contributed by atoms with van der Waals surface area (Å²) in [5.74, 6) is 2.51. The number of rotatable bonds is 3. The highest BCUT2D eigenvalue weighted by atomic mass is 15.4. The number of hydrogen-bond donors (Lipinski definition) is 1. The molecule has 5 heteroatoms. The minimum absolute atomic E-state index is 0.496. The molecule has 0 aliphatic heterocycles. The van der Waals surface area contributed by atoms with E-state index in [4.69, 9.17) is 0 Å². The largest absolute Gasteiger partial charge is 0.366 e. The van der Waals surface area contributed by atoms with Gasteiger partial charge in [-0.2, -0.15) is 4.52 Å². The molecule has 1 saturated carbocycles. The molecule has 19 heavy (non-hydrogen) atoms. The summed E-state index contributed by atoms with van der Waals surface area (Å²) in [6.45, 7) is 0. The quantitative estimate of drug-likeness (QED) is 0.856. The van der Waals surface area contributed by atoms with Gasteiger partial charge in [0.1, 0.15) is 5.82 Å². The van der Waals surface area contributed by atoms with Gasteiger partial charge in [-0.3, -0.25) is 0 Å². The number of hydrogen-bond acceptors (Lipinski definition) is 4.